The molecule has 5 aromatic rings. The van der Waals surface area contributed by atoms with E-state index < -0.39 is 6.10 Å². The highest BCUT2D eigenvalue weighted by Crippen LogP contribution is 2.27. The minimum absolute atomic E-state index is 0.173. The van der Waals surface area contributed by atoms with Crippen molar-refractivity contribution in [3.63, 3.8) is 0 Å². The monoisotopic (exact) mass is 571 g/mol. The number of anilines is 2. The molecule has 0 saturated carbocycles. The topological polar surface area (TPSA) is 139 Å². The molecule has 6 rings (SSSR count). The second-order valence-electron chi connectivity index (χ2n) is 10.0. The van der Waals surface area contributed by atoms with Gasteiger partial charge in [0.05, 0.1) is 23.2 Å². The quantitative estimate of drug-likeness (QED) is 0.220. The number of piperazine rings is 1. The maximum absolute atomic E-state index is 12.9. The summed E-state index contributed by atoms with van der Waals surface area (Å²) in [5, 5.41) is 14.4. The van der Waals surface area contributed by atoms with E-state index in [1.54, 1.807) is 36.5 Å². The predicted octanol–water partition coefficient (Wildman–Crippen LogP) is 3.53. The second-order valence-corrected chi connectivity index (χ2v) is 10.5. The first-order valence-corrected chi connectivity index (χ1v) is 13.8. The fraction of sp³-hybridized carbons (Fsp3) is 0.276. The number of nitrogens with one attached hydrogen (secondary N) is 3. The SMILES string of the molecule is Cc1nc(N2CCN(Cc3ccccn3)CC2)nc2nc(-c3c(NC[C@@H](O)c4cccc(Cl)c4)cc[nH]c3=O)[nH]c12. The van der Waals surface area contributed by atoms with Crippen molar-refractivity contribution in [3.05, 3.63) is 93.3 Å². The molecule has 0 radical (unpaired) electrons. The van der Waals surface area contributed by atoms with Crippen LogP contribution in [-0.2, 0) is 6.54 Å². The highest BCUT2D eigenvalue weighted by Gasteiger charge is 2.22. The fourth-order valence-electron chi connectivity index (χ4n) is 5.01. The average Bonchev–Trinajstić information content (AvgIpc) is 3.41. The first kappa shape index (κ1) is 26.9. The third kappa shape index (κ3) is 5.92. The van der Waals surface area contributed by atoms with Gasteiger partial charge in [0.15, 0.2) is 5.65 Å². The number of hydrogen-bond donors (Lipinski definition) is 4. The number of benzene rings is 1. The molecule has 1 saturated heterocycles. The number of H-pyrrole nitrogens is 2. The van der Waals surface area contributed by atoms with Crippen LogP contribution in [0.15, 0.2) is 65.7 Å². The number of nitrogens with zero attached hydrogens (tertiary/aromatic N) is 6. The Bertz CT molecular complexity index is 1720. The van der Waals surface area contributed by atoms with E-state index in [1.807, 2.05) is 31.3 Å². The van der Waals surface area contributed by atoms with Crippen LogP contribution in [0, 0.1) is 6.92 Å². The van der Waals surface area contributed by atoms with Gasteiger partial charge in [0, 0.05) is 56.7 Å². The number of aromatic amines is 2. The number of halogens is 1. The zero-order valence-electron chi connectivity index (χ0n) is 22.5. The van der Waals surface area contributed by atoms with E-state index in [0.29, 0.717) is 44.8 Å². The molecule has 1 aliphatic rings. The maximum Gasteiger partial charge on any atom is 0.261 e. The van der Waals surface area contributed by atoms with Crippen molar-refractivity contribution in [3.8, 4) is 11.4 Å². The Morgan fingerprint density at radius 2 is 1.93 bits per heavy atom. The Hall–Kier alpha value is -4.32. The summed E-state index contributed by atoms with van der Waals surface area (Å²) in [7, 11) is 0. The number of rotatable bonds is 8. The summed E-state index contributed by atoms with van der Waals surface area (Å²) >= 11 is 6.07. The molecule has 11 nitrogen and oxygen atoms in total. The van der Waals surface area contributed by atoms with Gasteiger partial charge in [-0.1, -0.05) is 29.8 Å². The highest BCUT2D eigenvalue weighted by atomic mass is 35.5. The average molecular weight is 572 g/mol. The molecule has 0 unspecified atom stereocenters. The van der Waals surface area contributed by atoms with Crippen LogP contribution in [-0.4, -0.2) is 72.6 Å². The summed E-state index contributed by atoms with van der Waals surface area (Å²) in [5.41, 5.74) is 4.19. The van der Waals surface area contributed by atoms with Crippen LogP contribution in [0.25, 0.3) is 22.6 Å². The number of imidazole rings is 1. The summed E-state index contributed by atoms with van der Waals surface area (Å²) in [4.78, 5) is 42.1. The number of aryl methyl sites for hydroxylation is 1. The highest BCUT2D eigenvalue weighted by molar-refractivity contribution is 6.30. The Labute approximate surface area is 241 Å². The lowest BCUT2D eigenvalue weighted by Gasteiger charge is -2.34. The predicted molar refractivity (Wildman–Crippen MR) is 159 cm³/mol. The van der Waals surface area contributed by atoms with E-state index >= 15 is 0 Å². The largest absolute Gasteiger partial charge is 0.387 e. The first-order valence-electron chi connectivity index (χ1n) is 13.5. The Kier molecular flexibility index (Phi) is 7.64. The summed E-state index contributed by atoms with van der Waals surface area (Å²) < 4.78 is 0. The lowest BCUT2D eigenvalue weighted by Crippen LogP contribution is -2.46. The molecule has 12 heteroatoms. The van der Waals surface area contributed by atoms with Crippen molar-refractivity contribution in [2.75, 3.05) is 42.9 Å². The van der Waals surface area contributed by atoms with E-state index in [0.717, 1.165) is 44.1 Å². The van der Waals surface area contributed by atoms with Crippen molar-refractivity contribution < 1.29 is 5.11 Å². The molecule has 0 amide bonds. The molecule has 0 spiro atoms. The van der Waals surface area contributed by atoms with Crippen molar-refractivity contribution in [2.24, 2.45) is 0 Å². The van der Waals surface area contributed by atoms with Crippen LogP contribution in [0.2, 0.25) is 5.02 Å². The number of aromatic nitrogens is 6. The van der Waals surface area contributed by atoms with Crippen molar-refractivity contribution in [1.29, 1.82) is 0 Å². The van der Waals surface area contributed by atoms with E-state index in [9.17, 15) is 9.90 Å². The van der Waals surface area contributed by atoms with Gasteiger partial charge in [-0.05, 0) is 42.8 Å². The van der Waals surface area contributed by atoms with Gasteiger partial charge < -0.3 is 25.3 Å². The minimum Gasteiger partial charge on any atom is -0.387 e. The van der Waals surface area contributed by atoms with Crippen LogP contribution >= 0.6 is 11.6 Å². The Morgan fingerprint density at radius 1 is 1.07 bits per heavy atom. The molecule has 41 heavy (non-hydrogen) atoms. The van der Waals surface area contributed by atoms with E-state index in [-0.39, 0.29) is 12.1 Å². The molecule has 210 valence electrons. The number of hydrogen-bond acceptors (Lipinski definition) is 9. The number of aliphatic hydroxyl groups is 1. The fourth-order valence-corrected chi connectivity index (χ4v) is 5.21. The standard InChI is InChI=1S/C29H30ClN9O2/c1-18-25-27(37-29(34-18)39-13-11-38(12-14-39)17-21-7-2-3-9-31-21)36-26(35-25)24-22(8-10-32-28(24)41)33-16-23(40)19-5-4-6-20(30)15-19/h2-10,15,23,40H,11-14,16-17H2,1H3,(H2,32,33,41)(H,34,35,36,37)/t23-/m1/s1. The number of pyridine rings is 2. The van der Waals surface area contributed by atoms with Crippen molar-refractivity contribution in [2.45, 2.75) is 19.6 Å². The number of fused-ring (bicyclic) bond motifs is 1. The van der Waals surface area contributed by atoms with Gasteiger partial charge in [0.25, 0.3) is 5.56 Å². The van der Waals surface area contributed by atoms with E-state index in [1.165, 1.54) is 0 Å². The zero-order valence-corrected chi connectivity index (χ0v) is 23.3. The van der Waals surface area contributed by atoms with Crippen LogP contribution in [0.5, 0.6) is 0 Å². The zero-order chi connectivity index (χ0) is 28.3. The molecule has 0 bridgehead atoms. The summed E-state index contributed by atoms with van der Waals surface area (Å²) in [5.74, 6) is 0.992. The van der Waals surface area contributed by atoms with Crippen LogP contribution < -0.4 is 15.8 Å². The van der Waals surface area contributed by atoms with Crippen LogP contribution in [0.3, 0.4) is 0 Å². The lowest BCUT2D eigenvalue weighted by atomic mass is 10.1. The molecule has 1 aliphatic heterocycles. The van der Waals surface area contributed by atoms with Gasteiger partial charge in [0.1, 0.15) is 16.9 Å². The van der Waals surface area contributed by atoms with Gasteiger partial charge in [-0.25, -0.2) is 9.97 Å². The first-order chi connectivity index (χ1) is 19.9. The van der Waals surface area contributed by atoms with Gasteiger partial charge >= 0.3 is 0 Å². The summed E-state index contributed by atoms with van der Waals surface area (Å²) in [6.07, 6.45) is 2.55. The van der Waals surface area contributed by atoms with Crippen molar-refractivity contribution in [1.82, 2.24) is 34.8 Å². The summed E-state index contributed by atoms with van der Waals surface area (Å²) in [6.45, 7) is 6.22. The third-order valence-corrected chi connectivity index (χ3v) is 7.44. The normalized spacial score (nSPS) is 14.9. The molecule has 4 N–H and O–H groups in total. The van der Waals surface area contributed by atoms with E-state index in [2.05, 4.69) is 30.1 Å². The lowest BCUT2D eigenvalue weighted by molar-refractivity contribution is 0.191. The Morgan fingerprint density at radius 3 is 2.71 bits per heavy atom. The summed E-state index contributed by atoms with van der Waals surface area (Å²) in [6, 6.07) is 14.8. The molecule has 5 heterocycles. The van der Waals surface area contributed by atoms with E-state index in [4.69, 9.17) is 26.6 Å². The maximum atomic E-state index is 12.9. The third-order valence-electron chi connectivity index (χ3n) is 7.20. The minimum atomic E-state index is -0.823. The molecule has 0 aliphatic carbocycles. The second kappa shape index (κ2) is 11.7. The Balaban J connectivity index is 1.20. The van der Waals surface area contributed by atoms with Gasteiger partial charge in [0.2, 0.25) is 5.95 Å². The number of aliphatic hydroxyl groups excluding tert-OH is 1. The molecule has 1 atom stereocenters. The molecular weight excluding hydrogens is 542 g/mol. The van der Waals surface area contributed by atoms with Crippen LogP contribution in [0.4, 0.5) is 11.6 Å². The molecule has 4 aromatic heterocycles. The van der Waals surface area contributed by atoms with Gasteiger partial charge in [-0.15, -0.1) is 0 Å². The molecule has 1 aromatic carbocycles. The molecular formula is C29H30ClN9O2. The molecule has 1 fully saturated rings. The van der Waals surface area contributed by atoms with Gasteiger partial charge in [-0.2, -0.15) is 4.98 Å². The van der Waals surface area contributed by atoms with Crippen molar-refractivity contribution >= 4 is 34.4 Å². The smallest absolute Gasteiger partial charge is 0.261 e. The van der Waals surface area contributed by atoms with Gasteiger partial charge in [-0.3, -0.25) is 14.7 Å². The van der Waals surface area contributed by atoms with Crippen LogP contribution in [0.1, 0.15) is 23.1 Å².